The average molecular weight is 1130 g/mol. The van der Waals surface area contributed by atoms with Gasteiger partial charge in [0.25, 0.3) is 0 Å². The number of carbonyl (C=O) groups excluding carboxylic acids is 1. The lowest BCUT2D eigenvalue weighted by atomic mass is 10.0. The van der Waals surface area contributed by atoms with Crippen LogP contribution in [0.2, 0.25) is 0 Å². The number of aliphatic hydroxyl groups is 2. The number of hydrogen-bond acceptors (Lipinski definition) is 3. The highest BCUT2D eigenvalue weighted by Crippen LogP contribution is 2.20. The quantitative estimate of drug-likeness (QED) is 0.0420. The molecular weight excluding hydrogens is 975 g/mol. The van der Waals surface area contributed by atoms with Crippen LogP contribution in [0.25, 0.3) is 0 Å². The maximum Gasteiger partial charge on any atom is 0.220 e. The molecule has 2 atom stereocenters. The number of unbranched alkanes of at least 4 members (excludes halogenated alkanes) is 65. The fourth-order valence-corrected chi connectivity index (χ4v) is 12.5. The van der Waals surface area contributed by atoms with E-state index in [1.54, 1.807) is 6.08 Å². The first-order valence-corrected chi connectivity index (χ1v) is 37.9. The molecule has 0 aromatic rings. The Hall–Kier alpha value is -0.870. The summed E-state index contributed by atoms with van der Waals surface area (Å²) in [4.78, 5) is 12.6. The van der Waals surface area contributed by atoms with Crippen molar-refractivity contribution in [2.45, 2.75) is 463 Å². The molecular formula is C76H151NO3. The van der Waals surface area contributed by atoms with Crippen molar-refractivity contribution < 1.29 is 15.0 Å². The molecule has 4 nitrogen and oxygen atoms in total. The lowest BCUT2D eigenvalue weighted by Crippen LogP contribution is -2.45. The van der Waals surface area contributed by atoms with Crippen molar-refractivity contribution in [2.75, 3.05) is 6.61 Å². The zero-order valence-corrected chi connectivity index (χ0v) is 55.4. The first kappa shape index (κ1) is 79.1. The molecule has 80 heavy (non-hydrogen) atoms. The van der Waals surface area contributed by atoms with E-state index in [1.165, 1.54) is 405 Å². The molecule has 478 valence electrons. The second kappa shape index (κ2) is 72.4. The minimum absolute atomic E-state index is 0.0521. The molecule has 0 saturated heterocycles. The summed E-state index contributed by atoms with van der Waals surface area (Å²) >= 11 is 0. The van der Waals surface area contributed by atoms with Crippen molar-refractivity contribution in [3.8, 4) is 0 Å². The van der Waals surface area contributed by atoms with Crippen LogP contribution in [0.4, 0.5) is 0 Å². The first-order valence-electron chi connectivity index (χ1n) is 37.9. The molecule has 0 aliphatic rings. The minimum atomic E-state index is -0.838. The van der Waals surface area contributed by atoms with E-state index < -0.39 is 12.1 Å². The maximum atomic E-state index is 12.6. The zero-order chi connectivity index (χ0) is 57.6. The highest BCUT2D eigenvalue weighted by atomic mass is 16.3. The van der Waals surface area contributed by atoms with Gasteiger partial charge < -0.3 is 15.5 Å². The number of carbonyl (C=O) groups is 1. The summed E-state index contributed by atoms with van der Waals surface area (Å²) in [6.45, 7) is 4.37. The molecule has 4 heteroatoms. The van der Waals surface area contributed by atoms with Crippen molar-refractivity contribution in [2.24, 2.45) is 0 Å². The standard InChI is InChI=1S/C76H151NO3/c1-3-5-7-9-11-13-15-17-19-21-23-25-27-29-31-33-35-37-38-39-40-42-44-46-48-50-52-54-56-58-60-62-64-66-68-70-72-76(80)77-74(73-78)75(79)71-69-67-65-63-61-59-57-55-53-51-49-47-45-43-41-36-34-32-30-28-26-24-22-20-18-16-14-12-10-8-6-4-2/h69,71,74-75,78-79H,3-68,70,72-73H2,1-2H3,(H,77,80)/b71-69+. The van der Waals surface area contributed by atoms with Crippen molar-refractivity contribution in [3.63, 3.8) is 0 Å². The molecule has 1 amide bonds. The average Bonchev–Trinajstić information content (AvgIpc) is 3.46. The van der Waals surface area contributed by atoms with E-state index in [0.29, 0.717) is 6.42 Å². The molecule has 0 aromatic carbocycles. The van der Waals surface area contributed by atoms with Gasteiger partial charge in [-0.05, 0) is 19.3 Å². The van der Waals surface area contributed by atoms with Gasteiger partial charge >= 0.3 is 0 Å². The van der Waals surface area contributed by atoms with Crippen molar-refractivity contribution >= 4 is 5.91 Å². The summed E-state index contributed by atoms with van der Waals surface area (Å²) in [5.74, 6) is -0.0521. The number of hydrogen-bond donors (Lipinski definition) is 3. The fourth-order valence-electron chi connectivity index (χ4n) is 12.5. The summed E-state index contributed by atoms with van der Waals surface area (Å²) in [6.07, 6.45) is 97.7. The predicted octanol–water partition coefficient (Wildman–Crippen LogP) is 25.9. The molecule has 0 spiro atoms. The molecule has 0 rings (SSSR count). The van der Waals surface area contributed by atoms with Gasteiger partial charge in [-0.3, -0.25) is 4.79 Å². The molecule has 0 aliphatic heterocycles. The normalized spacial score (nSPS) is 12.6. The van der Waals surface area contributed by atoms with Gasteiger partial charge in [0.1, 0.15) is 0 Å². The summed E-state index contributed by atoms with van der Waals surface area (Å²) in [6, 6.07) is -0.620. The van der Waals surface area contributed by atoms with Crippen molar-refractivity contribution in [3.05, 3.63) is 12.2 Å². The zero-order valence-electron chi connectivity index (χ0n) is 55.4. The maximum absolute atomic E-state index is 12.6. The van der Waals surface area contributed by atoms with Gasteiger partial charge in [-0.25, -0.2) is 0 Å². The van der Waals surface area contributed by atoms with Crippen LogP contribution in [-0.2, 0) is 4.79 Å². The van der Waals surface area contributed by atoms with Crippen LogP contribution in [0, 0.1) is 0 Å². The Morgan fingerprint density at radius 1 is 0.287 bits per heavy atom. The number of rotatable bonds is 72. The topological polar surface area (TPSA) is 69.6 Å². The lowest BCUT2D eigenvalue weighted by molar-refractivity contribution is -0.123. The Bertz CT molecular complexity index is 1140. The molecule has 0 radical (unpaired) electrons. The monoisotopic (exact) mass is 1130 g/mol. The molecule has 0 fully saturated rings. The van der Waals surface area contributed by atoms with E-state index in [1.807, 2.05) is 6.08 Å². The Kier molecular flexibility index (Phi) is 71.6. The van der Waals surface area contributed by atoms with Crippen LogP contribution >= 0.6 is 0 Å². The summed E-state index contributed by atoms with van der Waals surface area (Å²) < 4.78 is 0. The van der Waals surface area contributed by atoms with Crippen LogP contribution in [-0.4, -0.2) is 34.9 Å². The van der Waals surface area contributed by atoms with Crippen LogP contribution in [0.5, 0.6) is 0 Å². The predicted molar refractivity (Wildman–Crippen MR) is 359 cm³/mol. The SMILES string of the molecule is CCCCCCCCCCCCCCCCCCCCCCCCCCCCCCCC/C=C/C(O)C(CO)NC(=O)CCCCCCCCCCCCCCCCCCCCCCCCCCCCCCCCCCCCCC. The Labute approximate surface area is 505 Å². The van der Waals surface area contributed by atoms with Gasteiger partial charge in [-0.2, -0.15) is 0 Å². The molecule has 0 bridgehead atoms. The highest BCUT2D eigenvalue weighted by Gasteiger charge is 2.18. The minimum Gasteiger partial charge on any atom is -0.394 e. The number of aliphatic hydroxyl groups excluding tert-OH is 2. The third kappa shape index (κ3) is 67.9. The van der Waals surface area contributed by atoms with E-state index in [0.717, 1.165) is 25.7 Å². The Morgan fingerprint density at radius 2 is 0.463 bits per heavy atom. The molecule has 0 aromatic heterocycles. The molecule has 2 unspecified atom stereocenters. The first-order chi connectivity index (χ1) is 39.7. The van der Waals surface area contributed by atoms with E-state index in [4.69, 9.17) is 0 Å². The molecule has 0 aliphatic carbocycles. The van der Waals surface area contributed by atoms with Crippen LogP contribution in [0.1, 0.15) is 450 Å². The second-order valence-corrected chi connectivity index (χ2v) is 26.4. The molecule has 0 heterocycles. The van der Waals surface area contributed by atoms with Gasteiger partial charge in [0.2, 0.25) is 5.91 Å². The smallest absolute Gasteiger partial charge is 0.220 e. The van der Waals surface area contributed by atoms with Gasteiger partial charge in [0, 0.05) is 6.42 Å². The van der Waals surface area contributed by atoms with Gasteiger partial charge in [-0.15, -0.1) is 0 Å². The van der Waals surface area contributed by atoms with Gasteiger partial charge in [-0.1, -0.05) is 437 Å². The van der Waals surface area contributed by atoms with E-state index in [2.05, 4.69) is 19.2 Å². The Balaban J connectivity index is 3.37. The number of allylic oxidation sites excluding steroid dienone is 1. The van der Waals surface area contributed by atoms with Gasteiger partial charge in [0.15, 0.2) is 0 Å². The lowest BCUT2D eigenvalue weighted by Gasteiger charge is -2.20. The molecule has 3 N–H and O–H groups in total. The Morgan fingerprint density at radius 3 is 0.650 bits per heavy atom. The van der Waals surface area contributed by atoms with Gasteiger partial charge in [0.05, 0.1) is 18.8 Å². The largest absolute Gasteiger partial charge is 0.394 e. The van der Waals surface area contributed by atoms with Crippen LogP contribution in [0.15, 0.2) is 12.2 Å². The van der Waals surface area contributed by atoms with E-state index >= 15 is 0 Å². The van der Waals surface area contributed by atoms with E-state index in [9.17, 15) is 15.0 Å². The third-order valence-electron chi connectivity index (χ3n) is 18.3. The highest BCUT2D eigenvalue weighted by molar-refractivity contribution is 5.76. The van der Waals surface area contributed by atoms with Crippen molar-refractivity contribution in [1.29, 1.82) is 0 Å². The fraction of sp³-hybridized carbons (Fsp3) is 0.961. The van der Waals surface area contributed by atoms with Crippen molar-refractivity contribution in [1.82, 2.24) is 5.32 Å². The second-order valence-electron chi connectivity index (χ2n) is 26.4. The van der Waals surface area contributed by atoms with E-state index in [-0.39, 0.29) is 12.5 Å². The summed E-state index contributed by atoms with van der Waals surface area (Å²) in [5.41, 5.74) is 0. The molecule has 0 saturated carbocycles. The third-order valence-corrected chi connectivity index (χ3v) is 18.3. The van der Waals surface area contributed by atoms with Crippen LogP contribution < -0.4 is 5.32 Å². The number of amides is 1. The summed E-state index contributed by atoms with van der Waals surface area (Å²) in [5, 5.41) is 23.3. The van der Waals surface area contributed by atoms with Crippen LogP contribution in [0.3, 0.4) is 0 Å². The summed E-state index contributed by atoms with van der Waals surface area (Å²) in [7, 11) is 0. The number of nitrogens with one attached hydrogen (secondary N) is 1.